The molecule has 6 nitrogen and oxygen atoms in total. The lowest BCUT2D eigenvalue weighted by Crippen LogP contribution is -2.37. The van der Waals surface area contributed by atoms with Crippen LogP contribution in [-0.2, 0) is 11.0 Å². The second-order valence-electron chi connectivity index (χ2n) is 8.19. The van der Waals surface area contributed by atoms with E-state index in [1.807, 2.05) is 12.1 Å². The summed E-state index contributed by atoms with van der Waals surface area (Å²) in [6.07, 6.45) is -3.54. The Morgan fingerprint density at radius 2 is 1.62 bits per heavy atom. The van der Waals surface area contributed by atoms with Gasteiger partial charge in [-0.3, -0.25) is 5.10 Å². The fourth-order valence-corrected chi connectivity index (χ4v) is 3.44. The number of fused-ring (bicyclic) bond motifs is 1. The number of hydrogen-bond acceptors (Lipinski definition) is 4. The fraction of sp³-hybridized carbons (Fsp3) is 0.200. The zero-order valence-electron chi connectivity index (χ0n) is 18.3. The number of carboxylic acids is 1. The van der Waals surface area contributed by atoms with E-state index in [-0.39, 0.29) is 0 Å². The molecule has 0 amide bonds. The summed E-state index contributed by atoms with van der Waals surface area (Å²) in [5, 5.41) is 16.9. The first-order chi connectivity index (χ1) is 16.0. The van der Waals surface area contributed by atoms with Crippen molar-refractivity contribution in [2.45, 2.75) is 31.7 Å². The number of ether oxygens (including phenoxy) is 2. The van der Waals surface area contributed by atoms with E-state index in [0.29, 0.717) is 17.1 Å². The van der Waals surface area contributed by atoms with Gasteiger partial charge in [0.15, 0.2) is 5.60 Å². The van der Waals surface area contributed by atoms with E-state index in [4.69, 9.17) is 9.47 Å². The SMILES string of the molecule is CC(C)(Oc1ccc(OC(c2ccc(C(F)(F)F)cc2)c2cccc3[nH]ncc23)cc1)C(=O)O. The Hall–Kier alpha value is -4.01. The number of nitrogens with zero attached hydrogens (tertiary/aromatic N) is 1. The molecule has 0 aliphatic carbocycles. The van der Waals surface area contributed by atoms with E-state index in [1.165, 1.54) is 26.0 Å². The number of hydrogen-bond donors (Lipinski definition) is 2. The molecule has 3 aromatic carbocycles. The molecular weight excluding hydrogens is 449 g/mol. The molecule has 4 aromatic rings. The van der Waals surface area contributed by atoms with Crippen molar-refractivity contribution < 1.29 is 32.5 Å². The highest BCUT2D eigenvalue weighted by atomic mass is 19.4. The molecule has 4 rings (SSSR count). The highest BCUT2D eigenvalue weighted by Crippen LogP contribution is 2.35. The van der Waals surface area contributed by atoms with Crippen molar-refractivity contribution in [3.8, 4) is 11.5 Å². The summed E-state index contributed by atoms with van der Waals surface area (Å²) in [5.41, 5.74) is -0.161. The Labute approximate surface area is 192 Å². The number of aliphatic carboxylic acids is 1. The Bertz CT molecular complexity index is 1300. The van der Waals surface area contributed by atoms with Gasteiger partial charge < -0.3 is 14.6 Å². The van der Waals surface area contributed by atoms with E-state index in [0.717, 1.165) is 28.6 Å². The van der Waals surface area contributed by atoms with Crippen LogP contribution in [0.25, 0.3) is 10.9 Å². The molecule has 1 aromatic heterocycles. The van der Waals surface area contributed by atoms with Gasteiger partial charge in [-0.15, -0.1) is 0 Å². The number of aromatic nitrogens is 2. The van der Waals surface area contributed by atoms with Gasteiger partial charge in [-0.05, 0) is 61.9 Å². The number of nitrogens with one attached hydrogen (secondary N) is 1. The number of halogens is 3. The minimum absolute atomic E-state index is 0.336. The monoisotopic (exact) mass is 470 g/mol. The zero-order chi connectivity index (χ0) is 24.5. The van der Waals surface area contributed by atoms with Crippen LogP contribution in [0.4, 0.5) is 13.2 Å². The van der Waals surface area contributed by atoms with Crippen LogP contribution < -0.4 is 9.47 Å². The largest absolute Gasteiger partial charge is 0.481 e. The summed E-state index contributed by atoms with van der Waals surface area (Å²) in [5.74, 6) is -0.350. The maximum Gasteiger partial charge on any atom is 0.416 e. The van der Waals surface area contributed by atoms with Gasteiger partial charge in [-0.2, -0.15) is 18.3 Å². The van der Waals surface area contributed by atoms with Crippen molar-refractivity contribution in [1.29, 1.82) is 0 Å². The quantitative estimate of drug-likeness (QED) is 0.347. The molecule has 0 spiro atoms. The number of rotatable bonds is 7. The predicted molar refractivity (Wildman–Crippen MR) is 119 cm³/mol. The number of benzene rings is 3. The van der Waals surface area contributed by atoms with Crippen LogP contribution in [0.1, 0.15) is 36.6 Å². The number of H-pyrrole nitrogens is 1. The second kappa shape index (κ2) is 8.74. The normalized spacial score (nSPS) is 13.0. The van der Waals surface area contributed by atoms with Gasteiger partial charge >= 0.3 is 12.1 Å². The molecular formula is C25H21F3N2O4. The summed E-state index contributed by atoms with van der Waals surface area (Å²) in [6, 6.07) is 16.7. The third kappa shape index (κ3) is 4.83. The predicted octanol–water partition coefficient (Wildman–Crippen LogP) is 5.99. The third-order valence-electron chi connectivity index (χ3n) is 5.31. The highest BCUT2D eigenvalue weighted by Gasteiger charge is 2.31. The van der Waals surface area contributed by atoms with Crippen molar-refractivity contribution in [3.05, 3.63) is 89.6 Å². The Balaban J connectivity index is 1.68. The van der Waals surface area contributed by atoms with Crippen molar-refractivity contribution in [3.63, 3.8) is 0 Å². The first kappa shape index (κ1) is 23.2. The van der Waals surface area contributed by atoms with Gasteiger partial charge in [0.1, 0.15) is 17.6 Å². The van der Waals surface area contributed by atoms with E-state index < -0.39 is 29.4 Å². The van der Waals surface area contributed by atoms with E-state index in [1.54, 1.807) is 36.5 Å². The lowest BCUT2D eigenvalue weighted by Gasteiger charge is -2.23. The van der Waals surface area contributed by atoms with Crippen LogP contribution in [-0.4, -0.2) is 26.9 Å². The number of aromatic amines is 1. The topological polar surface area (TPSA) is 84.4 Å². The van der Waals surface area contributed by atoms with Crippen molar-refractivity contribution in [1.82, 2.24) is 10.2 Å². The van der Waals surface area contributed by atoms with Crippen molar-refractivity contribution in [2.24, 2.45) is 0 Å². The maximum atomic E-state index is 13.1. The Kier molecular flexibility index (Phi) is 5.95. The summed E-state index contributed by atoms with van der Waals surface area (Å²) in [6.45, 7) is 2.87. The third-order valence-corrected chi connectivity index (χ3v) is 5.31. The van der Waals surface area contributed by atoms with Crippen LogP contribution in [0.5, 0.6) is 11.5 Å². The van der Waals surface area contributed by atoms with Crippen LogP contribution >= 0.6 is 0 Å². The molecule has 34 heavy (non-hydrogen) atoms. The Morgan fingerprint density at radius 3 is 2.24 bits per heavy atom. The van der Waals surface area contributed by atoms with Crippen molar-refractivity contribution in [2.75, 3.05) is 0 Å². The van der Waals surface area contributed by atoms with Crippen molar-refractivity contribution >= 4 is 16.9 Å². The smallest absolute Gasteiger partial charge is 0.416 e. The first-order valence-corrected chi connectivity index (χ1v) is 10.3. The highest BCUT2D eigenvalue weighted by molar-refractivity contribution is 5.82. The average molecular weight is 470 g/mol. The fourth-order valence-electron chi connectivity index (χ4n) is 3.44. The molecule has 0 fully saturated rings. The summed E-state index contributed by atoms with van der Waals surface area (Å²) >= 11 is 0. The van der Waals surface area contributed by atoms with Gasteiger partial charge in [0.05, 0.1) is 17.3 Å². The maximum absolute atomic E-state index is 13.1. The van der Waals surface area contributed by atoms with Gasteiger partial charge in [0.2, 0.25) is 0 Å². The molecule has 0 radical (unpaired) electrons. The van der Waals surface area contributed by atoms with Gasteiger partial charge in [-0.25, -0.2) is 4.79 Å². The number of carboxylic acid groups (broad SMARTS) is 1. The molecule has 1 atom stereocenters. The van der Waals surface area contributed by atoms with Crippen LogP contribution in [0.15, 0.2) is 72.9 Å². The van der Waals surface area contributed by atoms with Crippen LogP contribution in [0.2, 0.25) is 0 Å². The van der Waals surface area contributed by atoms with E-state index >= 15 is 0 Å². The average Bonchev–Trinajstić information content (AvgIpc) is 3.27. The van der Waals surface area contributed by atoms with E-state index in [9.17, 15) is 23.1 Å². The molecule has 176 valence electrons. The number of alkyl halides is 3. The molecule has 0 saturated carbocycles. The second-order valence-corrected chi connectivity index (χ2v) is 8.19. The molecule has 9 heteroatoms. The van der Waals surface area contributed by atoms with Gasteiger partial charge in [-0.1, -0.05) is 24.3 Å². The minimum Gasteiger partial charge on any atom is -0.481 e. The van der Waals surface area contributed by atoms with Crippen LogP contribution in [0.3, 0.4) is 0 Å². The van der Waals surface area contributed by atoms with Gasteiger partial charge in [0, 0.05) is 10.9 Å². The molecule has 1 heterocycles. The van der Waals surface area contributed by atoms with E-state index in [2.05, 4.69) is 10.2 Å². The minimum atomic E-state index is -4.45. The lowest BCUT2D eigenvalue weighted by atomic mass is 9.97. The molecule has 0 bridgehead atoms. The first-order valence-electron chi connectivity index (χ1n) is 10.3. The summed E-state index contributed by atoms with van der Waals surface area (Å²) in [7, 11) is 0. The molecule has 1 unspecified atom stereocenters. The van der Waals surface area contributed by atoms with Crippen LogP contribution in [0, 0.1) is 0 Å². The molecule has 0 aliphatic rings. The van der Waals surface area contributed by atoms with Gasteiger partial charge in [0.25, 0.3) is 0 Å². The Morgan fingerprint density at radius 1 is 0.971 bits per heavy atom. The molecule has 0 aliphatic heterocycles. The molecule has 0 saturated heterocycles. The number of carbonyl (C=O) groups is 1. The molecule has 2 N–H and O–H groups in total. The standard InChI is InChI=1S/C25H21F3N2O4/c1-24(2,23(31)32)34-18-12-10-17(11-13-18)33-22(15-6-8-16(9-7-15)25(26,27)28)19-4-3-5-21-20(19)14-29-30-21/h3-14,22H,1-2H3,(H,29,30)(H,31,32). The summed E-state index contributed by atoms with van der Waals surface area (Å²) < 4.78 is 50.9. The summed E-state index contributed by atoms with van der Waals surface area (Å²) in [4.78, 5) is 11.3. The zero-order valence-corrected chi connectivity index (χ0v) is 18.3. The lowest BCUT2D eigenvalue weighted by molar-refractivity contribution is -0.152.